The fourth-order valence-electron chi connectivity index (χ4n) is 1.04. The first-order valence-corrected chi connectivity index (χ1v) is 3.68. The third-order valence-corrected chi connectivity index (χ3v) is 1.67. The molecule has 0 aliphatic carbocycles. The molecule has 0 bridgehead atoms. The monoisotopic (exact) mass is 142 g/mol. The van der Waals surface area contributed by atoms with Gasteiger partial charge >= 0.3 is 0 Å². The summed E-state index contributed by atoms with van der Waals surface area (Å²) in [6.07, 6.45) is 4.33. The van der Waals surface area contributed by atoms with Gasteiger partial charge in [0.25, 0.3) is 0 Å². The van der Waals surface area contributed by atoms with E-state index in [1.54, 1.807) is 7.11 Å². The van der Waals surface area contributed by atoms with Gasteiger partial charge < -0.3 is 9.47 Å². The van der Waals surface area contributed by atoms with Gasteiger partial charge in [-0.15, -0.1) is 0 Å². The summed E-state index contributed by atoms with van der Waals surface area (Å²) in [7, 11) is 1.72. The molecule has 1 fully saturated rings. The van der Waals surface area contributed by atoms with Gasteiger partial charge in [-0.2, -0.15) is 0 Å². The molecule has 1 aliphatic rings. The molecule has 0 radical (unpaired) electrons. The zero-order valence-corrected chi connectivity index (χ0v) is 6.43. The Hall–Kier alpha value is -0.340. The molecule has 0 spiro atoms. The van der Waals surface area contributed by atoms with Gasteiger partial charge in [-0.3, -0.25) is 0 Å². The molecule has 0 unspecified atom stereocenters. The quantitative estimate of drug-likeness (QED) is 0.542. The molecule has 0 aromatic rings. The second kappa shape index (κ2) is 4.47. The Kier molecular flexibility index (Phi) is 3.47. The maximum absolute atomic E-state index is 5.20. The first-order valence-electron chi connectivity index (χ1n) is 3.68. The first kappa shape index (κ1) is 7.76. The molecule has 0 N–H and O–H groups in total. The van der Waals surface area contributed by atoms with Crippen LogP contribution in [-0.2, 0) is 9.47 Å². The first-order chi connectivity index (χ1) is 4.93. The molecule has 2 heteroatoms. The Balaban J connectivity index is 2.23. The van der Waals surface area contributed by atoms with E-state index in [0.717, 1.165) is 32.7 Å². The van der Waals surface area contributed by atoms with Crippen LogP contribution in [0.2, 0.25) is 0 Å². The van der Waals surface area contributed by atoms with Crippen LogP contribution in [0.25, 0.3) is 0 Å². The third kappa shape index (κ3) is 2.50. The van der Waals surface area contributed by atoms with Gasteiger partial charge in [-0.1, -0.05) is 11.6 Å². The third-order valence-electron chi connectivity index (χ3n) is 1.67. The largest absolute Gasteiger partial charge is 0.381 e. The van der Waals surface area contributed by atoms with Crippen molar-refractivity contribution in [2.45, 2.75) is 12.8 Å². The van der Waals surface area contributed by atoms with Gasteiger partial charge in [-0.05, 0) is 12.8 Å². The zero-order chi connectivity index (χ0) is 7.23. The molecule has 1 heterocycles. The molecule has 0 amide bonds. The van der Waals surface area contributed by atoms with E-state index in [4.69, 9.17) is 9.47 Å². The SMILES string of the molecule is COCC=C1CCOCC1. The molecule has 1 aliphatic heterocycles. The summed E-state index contributed by atoms with van der Waals surface area (Å²) in [5, 5.41) is 0. The van der Waals surface area contributed by atoms with Crippen LogP contribution in [0.1, 0.15) is 12.8 Å². The van der Waals surface area contributed by atoms with E-state index >= 15 is 0 Å². The highest BCUT2D eigenvalue weighted by Crippen LogP contribution is 2.12. The molecule has 0 aromatic heterocycles. The molecular weight excluding hydrogens is 128 g/mol. The van der Waals surface area contributed by atoms with Crippen LogP contribution >= 0.6 is 0 Å². The van der Waals surface area contributed by atoms with Crippen molar-refractivity contribution in [1.82, 2.24) is 0 Å². The molecule has 2 nitrogen and oxygen atoms in total. The van der Waals surface area contributed by atoms with Crippen molar-refractivity contribution in [3.8, 4) is 0 Å². The lowest BCUT2D eigenvalue weighted by Gasteiger charge is -2.13. The summed E-state index contributed by atoms with van der Waals surface area (Å²) < 4.78 is 10.1. The number of methoxy groups -OCH3 is 1. The van der Waals surface area contributed by atoms with E-state index in [2.05, 4.69) is 6.08 Å². The molecule has 1 rings (SSSR count). The minimum absolute atomic E-state index is 0.745. The van der Waals surface area contributed by atoms with Gasteiger partial charge in [0, 0.05) is 7.11 Å². The second-order valence-electron chi connectivity index (χ2n) is 2.43. The van der Waals surface area contributed by atoms with Crippen molar-refractivity contribution in [1.29, 1.82) is 0 Å². The van der Waals surface area contributed by atoms with Crippen molar-refractivity contribution in [2.75, 3.05) is 26.9 Å². The van der Waals surface area contributed by atoms with Crippen molar-refractivity contribution < 1.29 is 9.47 Å². The highest BCUT2D eigenvalue weighted by atomic mass is 16.5. The number of rotatable bonds is 2. The van der Waals surface area contributed by atoms with Gasteiger partial charge in [0.1, 0.15) is 0 Å². The maximum Gasteiger partial charge on any atom is 0.0646 e. The van der Waals surface area contributed by atoms with Crippen molar-refractivity contribution in [2.24, 2.45) is 0 Å². The number of hydrogen-bond acceptors (Lipinski definition) is 2. The molecule has 10 heavy (non-hydrogen) atoms. The summed E-state index contributed by atoms with van der Waals surface area (Å²) in [6, 6.07) is 0. The van der Waals surface area contributed by atoms with Crippen molar-refractivity contribution in [3.63, 3.8) is 0 Å². The fraction of sp³-hybridized carbons (Fsp3) is 0.750. The zero-order valence-electron chi connectivity index (χ0n) is 6.43. The average molecular weight is 142 g/mol. The molecule has 1 saturated heterocycles. The lowest BCUT2D eigenvalue weighted by molar-refractivity contribution is 0.118. The molecular formula is C8H14O2. The van der Waals surface area contributed by atoms with Gasteiger partial charge in [0.2, 0.25) is 0 Å². The van der Waals surface area contributed by atoms with Crippen LogP contribution in [0.5, 0.6) is 0 Å². The van der Waals surface area contributed by atoms with Crippen LogP contribution < -0.4 is 0 Å². The molecule has 58 valence electrons. The van der Waals surface area contributed by atoms with E-state index in [9.17, 15) is 0 Å². The number of hydrogen-bond donors (Lipinski definition) is 0. The fourth-order valence-corrected chi connectivity index (χ4v) is 1.04. The molecule has 0 aromatic carbocycles. The van der Waals surface area contributed by atoms with E-state index in [1.807, 2.05) is 0 Å². The minimum Gasteiger partial charge on any atom is -0.381 e. The van der Waals surface area contributed by atoms with Gasteiger partial charge in [0.05, 0.1) is 19.8 Å². The van der Waals surface area contributed by atoms with E-state index in [0.29, 0.717) is 0 Å². The molecule has 0 saturated carbocycles. The Morgan fingerprint density at radius 2 is 2.20 bits per heavy atom. The van der Waals surface area contributed by atoms with E-state index in [1.165, 1.54) is 5.57 Å². The van der Waals surface area contributed by atoms with Crippen molar-refractivity contribution in [3.05, 3.63) is 11.6 Å². The average Bonchev–Trinajstić information content (AvgIpc) is 2.03. The number of ether oxygens (including phenoxy) is 2. The summed E-state index contributed by atoms with van der Waals surface area (Å²) in [4.78, 5) is 0. The van der Waals surface area contributed by atoms with Crippen LogP contribution in [0.3, 0.4) is 0 Å². The summed E-state index contributed by atoms with van der Waals surface area (Å²) in [5.74, 6) is 0. The normalized spacial score (nSPS) is 19.1. The summed E-state index contributed by atoms with van der Waals surface area (Å²) in [6.45, 7) is 2.51. The summed E-state index contributed by atoms with van der Waals surface area (Å²) >= 11 is 0. The topological polar surface area (TPSA) is 18.5 Å². The lowest BCUT2D eigenvalue weighted by Crippen LogP contribution is -2.07. The Morgan fingerprint density at radius 3 is 2.80 bits per heavy atom. The smallest absolute Gasteiger partial charge is 0.0646 e. The Labute approximate surface area is 61.8 Å². The predicted octanol–water partition coefficient (Wildman–Crippen LogP) is 1.37. The maximum atomic E-state index is 5.20. The van der Waals surface area contributed by atoms with Gasteiger partial charge in [-0.25, -0.2) is 0 Å². The highest BCUT2D eigenvalue weighted by molar-refractivity contribution is 5.03. The Morgan fingerprint density at radius 1 is 1.50 bits per heavy atom. The summed E-state index contributed by atoms with van der Waals surface area (Å²) in [5.41, 5.74) is 1.48. The minimum atomic E-state index is 0.745. The predicted molar refractivity (Wildman–Crippen MR) is 40.0 cm³/mol. The van der Waals surface area contributed by atoms with Crippen LogP contribution in [0.15, 0.2) is 11.6 Å². The van der Waals surface area contributed by atoms with Crippen LogP contribution in [0, 0.1) is 0 Å². The van der Waals surface area contributed by atoms with Crippen molar-refractivity contribution >= 4 is 0 Å². The van der Waals surface area contributed by atoms with Gasteiger partial charge in [0.15, 0.2) is 0 Å². The van der Waals surface area contributed by atoms with E-state index < -0.39 is 0 Å². The second-order valence-corrected chi connectivity index (χ2v) is 2.43. The van der Waals surface area contributed by atoms with Crippen LogP contribution in [0.4, 0.5) is 0 Å². The Bertz CT molecular complexity index is 110. The standard InChI is InChI=1S/C8H14O2/c1-9-5-2-8-3-6-10-7-4-8/h2H,3-7H2,1H3. The molecule has 0 atom stereocenters. The van der Waals surface area contributed by atoms with Crippen LogP contribution in [-0.4, -0.2) is 26.9 Å². The lowest BCUT2D eigenvalue weighted by atomic mass is 10.1. The highest BCUT2D eigenvalue weighted by Gasteiger charge is 2.03. The van der Waals surface area contributed by atoms with E-state index in [-0.39, 0.29) is 0 Å².